The predicted octanol–water partition coefficient (Wildman–Crippen LogP) is 1.16. The van der Waals surface area contributed by atoms with Gasteiger partial charge in [-0.25, -0.2) is 0 Å². The van der Waals surface area contributed by atoms with Crippen molar-refractivity contribution in [2.24, 2.45) is 11.7 Å². The molecule has 5 heteroatoms. The Bertz CT molecular complexity index is 461. The van der Waals surface area contributed by atoms with Crippen LogP contribution in [0.2, 0.25) is 0 Å². The summed E-state index contributed by atoms with van der Waals surface area (Å²) in [6, 6.07) is 1.85. The van der Waals surface area contributed by atoms with E-state index in [9.17, 15) is 4.79 Å². The van der Waals surface area contributed by atoms with Crippen molar-refractivity contribution in [2.75, 3.05) is 19.6 Å². The Morgan fingerprint density at radius 1 is 1.53 bits per heavy atom. The largest absolute Gasteiger partial charge is 0.338 e. The van der Waals surface area contributed by atoms with Crippen molar-refractivity contribution in [3.05, 3.63) is 23.0 Å². The monoisotopic (exact) mass is 262 g/mol. The summed E-state index contributed by atoms with van der Waals surface area (Å²) in [5, 5.41) is 8.15. The fourth-order valence-corrected chi connectivity index (χ4v) is 2.62. The number of aryl methyl sites for hydroxylation is 2. The van der Waals surface area contributed by atoms with Crippen LogP contribution in [-0.4, -0.2) is 40.6 Å². The highest BCUT2D eigenvalue weighted by atomic mass is 16.2. The van der Waals surface area contributed by atoms with Crippen LogP contribution < -0.4 is 5.73 Å². The number of hydrogen-bond acceptors (Lipinski definition) is 4. The molecule has 1 aliphatic rings. The predicted molar refractivity (Wildman–Crippen MR) is 73.8 cm³/mol. The Balaban J connectivity index is 2.14. The Hall–Kier alpha value is -1.49. The van der Waals surface area contributed by atoms with E-state index in [-0.39, 0.29) is 5.91 Å². The summed E-state index contributed by atoms with van der Waals surface area (Å²) in [7, 11) is 0. The van der Waals surface area contributed by atoms with Crippen LogP contribution in [0.25, 0.3) is 0 Å². The first-order chi connectivity index (χ1) is 9.15. The third-order valence-electron chi connectivity index (χ3n) is 3.71. The molecular weight excluding hydrogens is 240 g/mol. The molecule has 5 nitrogen and oxygen atoms in total. The molecule has 0 radical (unpaired) electrons. The molecule has 2 rings (SSSR count). The highest BCUT2D eigenvalue weighted by molar-refractivity contribution is 5.95. The van der Waals surface area contributed by atoms with E-state index in [1.54, 1.807) is 0 Å². The summed E-state index contributed by atoms with van der Waals surface area (Å²) in [6.45, 7) is 6.21. The van der Waals surface area contributed by atoms with Gasteiger partial charge >= 0.3 is 0 Å². The number of rotatable bonds is 4. The van der Waals surface area contributed by atoms with E-state index in [0.717, 1.165) is 43.7 Å². The zero-order valence-corrected chi connectivity index (χ0v) is 11.7. The molecule has 1 saturated heterocycles. The first-order valence-corrected chi connectivity index (χ1v) is 6.98. The molecule has 1 aliphatic heterocycles. The standard InChI is InChI=1S/C14H22N4O/c1-3-13-12(8-10(2)16-17-13)14(19)18-7-5-11(9-18)4-6-15/h8,11H,3-7,9,15H2,1-2H3. The van der Waals surface area contributed by atoms with E-state index >= 15 is 0 Å². The molecule has 2 N–H and O–H groups in total. The maximum Gasteiger partial charge on any atom is 0.255 e. The van der Waals surface area contributed by atoms with Crippen molar-refractivity contribution in [3.63, 3.8) is 0 Å². The fourth-order valence-electron chi connectivity index (χ4n) is 2.62. The van der Waals surface area contributed by atoms with E-state index in [0.29, 0.717) is 18.0 Å². The van der Waals surface area contributed by atoms with Crippen molar-refractivity contribution < 1.29 is 4.79 Å². The van der Waals surface area contributed by atoms with E-state index in [4.69, 9.17) is 5.73 Å². The molecule has 0 aromatic carbocycles. The molecule has 0 aliphatic carbocycles. The molecule has 1 aromatic heterocycles. The Morgan fingerprint density at radius 3 is 3.00 bits per heavy atom. The molecule has 0 saturated carbocycles. The summed E-state index contributed by atoms with van der Waals surface area (Å²) < 4.78 is 0. The van der Waals surface area contributed by atoms with Gasteiger partial charge in [0.2, 0.25) is 0 Å². The molecule has 1 aromatic rings. The number of likely N-dealkylation sites (tertiary alicyclic amines) is 1. The second kappa shape index (κ2) is 6.10. The molecule has 1 amide bonds. The Kier molecular flexibility index (Phi) is 4.47. The van der Waals surface area contributed by atoms with Crippen LogP contribution in [0.15, 0.2) is 6.07 Å². The highest BCUT2D eigenvalue weighted by Crippen LogP contribution is 2.22. The second-order valence-corrected chi connectivity index (χ2v) is 5.18. The third-order valence-corrected chi connectivity index (χ3v) is 3.71. The van der Waals surface area contributed by atoms with E-state index in [1.807, 2.05) is 24.8 Å². The molecule has 19 heavy (non-hydrogen) atoms. The van der Waals surface area contributed by atoms with Gasteiger partial charge in [-0.2, -0.15) is 10.2 Å². The molecular formula is C14H22N4O. The normalized spacial score (nSPS) is 18.9. The molecule has 104 valence electrons. The number of hydrogen-bond donors (Lipinski definition) is 1. The van der Waals surface area contributed by atoms with Gasteiger partial charge < -0.3 is 10.6 Å². The third kappa shape index (κ3) is 3.10. The van der Waals surface area contributed by atoms with E-state index < -0.39 is 0 Å². The fraction of sp³-hybridized carbons (Fsp3) is 0.643. The van der Waals surface area contributed by atoms with Crippen molar-refractivity contribution >= 4 is 5.91 Å². The van der Waals surface area contributed by atoms with Gasteiger partial charge in [0.25, 0.3) is 5.91 Å². The zero-order valence-electron chi connectivity index (χ0n) is 11.7. The minimum atomic E-state index is 0.0920. The molecule has 0 spiro atoms. The number of aromatic nitrogens is 2. The number of amides is 1. The van der Waals surface area contributed by atoms with Gasteiger partial charge in [0.1, 0.15) is 0 Å². The van der Waals surface area contributed by atoms with Crippen molar-refractivity contribution in [3.8, 4) is 0 Å². The second-order valence-electron chi connectivity index (χ2n) is 5.18. The van der Waals surface area contributed by atoms with Crippen LogP contribution in [-0.2, 0) is 6.42 Å². The molecule has 1 atom stereocenters. The quantitative estimate of drug-likeness (QED) is 0.883. The lowest BCUT2D eigenvalue weighted by Crippen LogP contribution is -2.30. The van der Waals surface area contributed by atoms with E-state index in [2.05, 4.69) is 10.2 Å². The maximum absolute atomic E-state index is 12.6. The topological polar surface area (TPSA) is 72.1 Å². The van der Waals surface area contributed by atoms with Gasteiger partial charge in [0.05, 0.1) is 17.0 Å². The first kappa shape index (κ1) is 13.9. The van der Waals surface area contributed by atoms with Crippen LogP contribution >= 0.6 is 0 Å². The summed E-state index contributed by atoms with van der Waals surface area (Å²) in [5.74, 6) is 0.643. The average Bonchev–Trinajstić information content (AvgIpc) is 2.87. The minimum absolute atomic E-state index is 0.0920. The number of carbonyl (C=O) groups is 1. The summed E-state index contributed by atoms with van der Waals surface area (Å²) in [6.07, 6.45) is 2.79. The highest BCUT2D eigenvalue weighted by Gasteiger charge is 2.27. The van der Waals surface area contributed by atoms with Gasteiger partial charge in [-0.05, 0) is 44.7 Å². The Labute approximate surface area is 114 Å². The lowest BCUT2D eigenvalue weighted by atomic mass is 10.1. The lowest BCUT2D eigenvalue weighted by molar-refractivity contribution is 0.0784. The van der Waals surface area contributed by atoms with Crippen molar-refractivity contribution in [1.82, 2.24) is 15.1 Å². The number of nitrogens with zero attached hydrogens (tertiary/aromatic N) is 3. The SMILES string of the molecule is CCc1nnc(C)cc1C(=O)N1CCC(CCN)C1. The van der Waals surface area contributed by atoms with Gasteiger partial charge in [-0.15, -0.1) is 0 Å². The number of nitrogens with two attached hydrogens (primary N) is 1. The number of carbonyl (C=O) groups excluding carboxylic acids is 1. The van der Waals surface area contributed by atoms with E-state index in [1.165, 1.54) is 0 Å². The van der Waals surface area contributed by atoms with Crippen LogP contribution in [0.1, 0.15) is 41.5 Å². The van der Waals surface area contributed by atoms with Gasteiger partial charge in [0, 0.05) is 13.1 Å². The molecule has 1 fully saturated rings. The zero-order chi connectivity index (χ0) is 13.8. The lowest BCUT2D eigenvalue weighted by Gasteiger charge is -2.18. The molecule has 0 bridgehead atoms. The first-order valence-electron chi connectivity index (χ1n) is 6.98. The van der Waals surface area contributed by atoms with Crippen molar-refractivity contribution in [2.45, 2.75) is 33.1 Å². The Morgan fingerprint density at radius 2 is 2.32 bits per heavy atom. The van der Waals surface area contributed by atoms with Crippen LogP contribution in [0.5, 0.6) is 0 Å². The van der Waals surface area contributed by atoms with Gasteiger partial charge in [-0.3, -0.25) is 4.79 Å². The van der Waals surface area contributed by atoms with Crippen LogP contribution in [0.4, 0.5) is 0 Å². The maximum atomic E-state index is 12.6. The van der Waals surface area contributed by atoms with Gasteiger partial charge in [0.15, 0.2) is 0 Å². The summed E-state index contributed by atoms with van der Waals surface area (Å²) >= 11 is 0. The van der Waals surface area contributed by atoms with Crippen LogP contribution in [0.3, 0.4) is 0 Å². The average molecular weight is 262 g/mol. The molecule has 1 unspecified atom stereocenters. The van der Waals surface area contributed by atoms with Crippen molar-refractivity contribution in [1.29, 1.82) is 0 Å². The summed E-state index contributed by atoms with van der Waals surface area (Å²) in [5.41, 5.74) is 7.88. The molecule has 2 heterocycles. The minimum Gasteiger partial charge on any atom is -0.338 e. The van der Waals surface area contributed by atoms with Gasteiger partial charge in [-0.1, -0.05) is 6.92 Å². The van der Waals surface area contributed by atoms with Crippen LogP contribution in [0, 0.1) is 12.8 Å². The summed E-state index contributed by atoms with van der Waals surface area (Å²) in [4.78, 5) is 14.5. The smallest absolute Gasteiger partial charge is 0.255 e.